The highest BCUT2D eigenvalue weighted by Crippen LogP contribution is 2.50. The summed E-state index contributed by atoms with van der Waals surface area (Å²) in [4.78, 5) is 14.1. The van der Waals surface area contributed by atoms with Gasteiger partial charge in [0.2, 0.25) is 0 Å². The summed E-state index contributed by atoms with van der Waals surface area (Å²) in [5.41, 5.74) is -0.249. The number of likely N-dealkylation sites (tertiary alicyclic amines) is 1. The van der Waals surface area contributed by atoms with Crippen molar-refractivity contribution in [3.05, 3.63) is 0 Å². The monoisotopic (exact) mass is 498 g/mol. The van der Waals surface area contributed by atoms with E-state index in [0.29, 0.717) is 6.04 Å². The first-order valence-electron chi connectivity index (χ1n) is 9.71. The number of ether oxygens (including phenoxy) is 1. The summed E-state index contributed by atoms with van der Waals surface area (Å²) in [5, 5.41) is 0. The lowest BCUT2D eigenvalue weighted by Gasteiger charge is -2.53. The molecule has 0 aromatic carbocycles. The molecule has 1 unspecified atom stereocenters. The number of hydrogen-bond donors (Lipinski definition) is 1. The number of alkyl halides is 1. The van der Waals surface area contributed by atoms with Crippen molar-refractivity contribution in [3.63, 3.8) is 0 Å². The molecule has 1 aliphatic carbocycles. The highest BCUT2D eigenvalue weighted by molar-refractivity contribution is 14.1. The van der Waals surface area contributed by atoms with Crippen molar-refractivity contribution >= 4 is 40.0 Å². The van der Waals surface area contributed by atoms with E-state index in [-0.39, 0.29) is 16.3 Å². The zero-order valence-corrected chi connectivity index (χ0v) is 19.9. The van der Waals surface area contributed by atoms with E-state index in [9.17, 15) is 9.35 Å². The number of amides is 1. The second-order valence-corrected chi connectivity index (χ2v) is 12.3. The van der Waals surface area contributed by atoms with Crippen LogP contribution in [-0.2, 0) is 16.1 Å². The molecule has 1 aliphatic heterocycles. The number of halogens is 1. The number of carbonyl (C=O) groups is 1. The molecule has 2 atom stereocenters. The molecule has 0 radical (unpaired) electrons. The van der Waals surface area contributed by atoms with Crippen LogP contribution in [-0.4, -0.2) is 49.5 Å². The minimum absolute atomic E-state index is 0.195. The molecule has 152 valence electrons. The Bertz CT molecular complexity index is 488. The predicted octanol–water partition coefficient (Wildman–Crippen LogP) is 4.41. The SMILES string of the molecule is CC(C)(C)OC(=O)N1CCC2(CC[C@@H]2N[S+]([O-])C(C)(C)CCCI)CC1. The van der Waals surface area contributed by atoms with Gasteiger partial charge in [-0.05, 0) is 83.0 Å². The second kappa shape index (κ2) is 8.74. The summed E-state index contributed by atoms with van der Waals surface area (Å²) in [5.74, 6) is 0. The Balaban J connectivity index is 1.86. The van der Waals surface area contributed by atoms with Crippen molar-refractivity contribution in [2.75, 3.05) is 17.5 Å². The molecular weight excluding hydrogens is 463 g/mol. The second-order valence-electron chi connectivity index (χ2n) is 9.36. The van der Waals surface area contributed by atoms with E-state index in [1.54, 1.807) is 0 Å². The average Bonchev–Trinajstić information content (AvgIpc) is 2.55. The third-order valence-electron chi connectivity index (χ3n) is 5.74. The lowest BCUT2D eigenvalue weighted by atomic mass is 9.60. The third kappa shape index (κ3) is 5.64. The Kier molecular flexibility index (Phi) is 7.58. The number of hydrogen-bond acceptors (Lipinski definition) is 4. The number of nitrogens with zero attached hydrogens (tertiary/aromatic N) is 1. The molecule has 5 nitrogen and oxygen atoms in total. The minimum atomic E-state index is -1.03. The number of nitrogens with one attached hydrogen (secondary N) is 1. The van der Waals surface area contributed by atoms with Crippen molar-refractivity contribution in [1.29, 1.82) is 0 Å². The van der Waals surface area contributed by atoms with Gasteiger partial charge in [-0.3, -0.25) is 0 Å². The lowest BCUT2D eigenvalue weighted by Crippen LogP contribution is -2.61. The molecule has 2 aliphatic rings. The third-order valence-corrected chi connectivity index (χ3v) is 8.21. The van der Waals surface area contributed by atoms with E-state index >= 15 is 0 Å². The van der Waals surface area contributed by atoms with E-state index in [1.807, 2.05) is 25.7 Å². The van der Waals surface area contributed by atoms with E-state index in [2.05, 4.69) is 41.2 Å². The van der Waals surface area contributed by atoms with Crippen LogP contribution in [0.2, 0.25) is 0 Å². The maximum atomic E-state index is 12.8. The Labute approximate surface area is 175 Å². The van der Waals surface area contributed by atoms with E-state index in [0.717, 1.165) is 56.0 Å². The normalized spacial score (nSPS) is 24.3. The van der Waals surface area contributed by atoms with Gasteiger partial charge < -0.3 is 14.2 Å². The average molecular weight is 498 g/mol. The maximum Gasteiger partial charge on any atom is 0.410 e. The first-order chi connectivity index (χ1) is 12.0. The number of piperidine rings is 1. The quantitative estimate of drug-likeness (QED) is 0.335. The highest BCUT2D eigenvalue weighted by Gasteiger charge is 2.51. The number of carbonyl (C=O) groups excluding carboxylic acids is 1. The largest absolute Gasteiger partial charge is 0.598 e. The molecule has 0 aromatic rings. The molecule has 2 fully saturated rings. The molecule has 1 saturated carbocycles. The van der Waals surface area contributed by atoms with Gasteiger partial charge in [0.25, 0.3) is 0 Å². The van der Waals surface area contributed by atoms with Crippen molar-refractivity contribution < 1.29 is 14.1 Å². The van der Waals surface area contributed by atoms with Gasteiger partial charge >= 0.3 is 6.09 Å². The van der Waals surface area contributed by atoms with Gasteiger partial charge in [-0.1, -0.05) is 22.6 Å². The van der Waals surface area contributed by atoms with Gasteiger partial charge in [0.15, 0.2) is 0 Å². The predicted molar refractivity (Wildman–Crippen MR) is 116 cm³/mol. The Morgan fingerprint density at radius 3 is 2.35 bits per heavy atom. The molecule has 1 amide bonds. The molecule has 0 bridgehead atoms. The summed E-state index contributed by atoms with van der Waals surface area (Å²) >= 11 is 1.35. The fraction of sp³-hybridized carbons (Fsp3) is 0.947. The molecule has 1 heterocycles. The van der Waals surface area contributed by atoms with Crippen LogP contribution in [0.3, 0.4) is 0 Å². The molecule has 7 heteroatoms. The summed E-state index contributed by atoms with van der Waals surface area (Å²) in [6.45, 7) is 11.4. The Morgan fingerprint density at radius 2 is 1.88 bits per heavy atom. The molecule has 0 aromatic heterocycles. The van der Waals surface area contributed by atoms with Crippen LogP contribution in [0, 0.1) is 5.41 Å². The van der Waals surface area contributed by atoms with Gasteiger partial charge in [0.05, 0.1) is 6.04 Å². The molecule has 2 rings (SSSR count). The smallest absolute Gasteiger partial charge is 0.410 e. The molecule has 1 saturated heterocycles. The zero-order valence-electron chi connectivity index (χ0n) is 16.9. The summed E-state index contributed by atoms with van der Waals surface area (Å²) in [6, 6.07) is 0.308. The molecule has 1 spiro atoms. The summed E-state index contributed by atoms with van der Waals surface area (Å²) in [6.07, 6.45) is 6.05. The lowest BCUT2D eigenvalue weighted by molar-refractivity contribution is -0.0185. The van der Waals surface area contributed by atoms with Gasteiger partial charge in [-0.2, -0.15) is 0 Å². The van der Waals surface area contributed by atoms with Crippen LogP contribution in [0.4, 0.5) is 4.79 Å². The van der Waals surface area contributed by atoms with Crippen LogP contribution in [0.25, 0.3) is 0 Å². The number of rotatable bonds is 6. The van der Waals surface area contributed by atoms with Gasteiger partial charge in [-0.15, -0.1) is 4.72 Å². The first-order valence-corrected chi connectivity index (χ1v) is 12.4. The molecule has 26 heavy (non-hydrogen) atoms. The van der Waals surface area contributed by atoms with E-state index < -0.39 is 17.0 Å². The minimum Gasteiger partial charge on any atom is -0.598 e. The van der Waals surface area contributed by atoms with Crippen LogP contribution in [0.1, 0.15) is 73.1 Å². The molecular formula is C19H35IN2O3S. The van der Waals surface area contributed by atoms with Crippen molar-refractivity contribution in [1.82, 2.24) is 9.62 Å². The van der Waals surface area contributed by atoms with Gasteiger partial charge in [0.1, 0.15) is 10.3 Å². The van der Waals surface area contributed by atoms with Gasteiger partial charge in [-0.25, -0.2) is 4.79 Å². The van der Waals surface area contributed by atoms with Crippen LogP contribution < -0.4 is 4.72 Å². The van der Waals surface area contributed by atoms with Gasteiger partial charge in [0, 0.05) is 24.5 Å². The van der Waals surface area contributed by atoms with Crippen LogP contribution in [0.15, 0.2) is 0 Å². The van der Waals surface area contributed by atoms with Crippen LogP contribution >= 0.6 is 22.6 Å². The maximum absolute atomic E-state index is 12.8. The fourth-order valence-corrected chi connectivity index (χ4v) is 5.47. The first kappa shape index (κ1) is 22.6. The fourth-order valence-electron chi connectivity index (χ4n) is 3.81. The van der Waals surface area contributed by atoms with Crippen molar-refractivity contribution in [3.8, 4) is 0 Å². The molecule has 1 N–H and O–H groups in total. The van der Waals surface area contributed by atoms with E-state index in [4.69, 9.17) is 4.74 Å². The van der Waals surface area contributed by atoms with Crippen molar-refractivity contribution in [2.24, 2.45) is 5.41 Å². The van der Waals surface area contributed by atoms with Crippen LogP contribution in [0.5, 0.6) is 0 Å². The Morgan fingerprint density at radius 1 is 1.27 bits per heavy atom. The van der Waals surface area contributed by atoms with E-state index in [1.165, 1.54) is 0 Å². The summed E-state index contributed by atoms with van der Waals surface area (Å²) in [7, 11) is 0. The zero-order chi connectivity index (χ0) is 19.6. The summed E-state index contributed by atoms with van der Waals surface area (Å²) < 4.78 is 22.7. The topological polar surface area (TPSA) is 64.6 Å². The van der Waals surface area contributed by atoms with Crippen molar-refractivity contribution in [2.45, 2.75) is 89.5 Å². The highest BCUT2D eigenvalue weighted by atomic mass is 127. The standard InChI is InChI=1S/C19H35IN2O3S/c1-17(2,3)25-16(23)22-13-10-19(11-14-22)9-7-15(19)21-26(24)18(4,5)8-6-12-20/h15,21H,6-14H2,1-5H3/t15-,26?/m0/s1. The Hall–Kier alpha value is 0.270.